The van der Waals surface area contributed by atoms with Crippen LogP contribution in [0.1, 0.15) is 55.5 Å². The molecule has 1 rings (SSSR count). The van der Waals surface area contributed by atoms with Crippen LogP contribution in [-0.4, -0.2) is 39.2 Å². The van der Waals surface area contributed by atoms with Crippen molar-refractivity contribution in [2.45, 2.75) is 46.0 Å². The normalized spacial score (nSPS) is 10.5. The molecule has 1 aromatic carbocycles. The highest BCUT2D eigenvalue weighted by molar-refractivity contribution is 6.02. The van der Waals surface area contributed by atoms with E-state index in [1.165, 1.54) is 31.3 Å². The van der Waals surface area contributed by atoms with Gasteiger partial charge in [0.1, 0.15) is 6.61 Å². The first kappa shape index (κ1) is 20.2. The van der Waals surface area contributed by atoms with E-state index < -0.39 is 5.97 Å². The molecule has 0 aliphatic carbocycles. The van der Waals surface area contributed by atoms with Crippen molar-refractivity contribution in [3.63, 3.8) is 0 Å². The molecule has 0 saturated heterocycles. The Morgan fingerprint density at radius 1 is 1.12 bits per heavy atom. The fourth-order valence-corrected chi connectivity index (χ4v) is 2.50. The van der Waals surface area contributed by atoms with E-state index in [4.69, 9.17) is 9.47 Å². The summed E-state index contributed by atoms with van der Waals surface area (Å²) in [6.45, 7) is 4.22. The molecule has 0 heterocycles. The van der Waals surface area contributed by atoms with Crippen LogP contribution >= 0.6 is 0 Å². The number of nitrogens with zero attached hydrogens (tertiary/aromatic N) is 1. The summed E-state index contributed by atoms with van der Waals surface area (Å²) in [6, 6.07) is 5.60. The Balaban J connectivity index is 3.02. The van der Waals surface area contributed by atoms with Gasteiger partial charge in [-0.15, -0.1) is 0 Å². The minimum Gasteiger partial charge on any atom is -0.462 e. The van der Waals surface area contributed by atoms with Gasteiger partial charge in [0.15, 0.2) is 0 Å². The number of ether oxygens (including phenoxy) is 2. The van der Waals surface area contributed by atoms with Crippen molar-refractivity contribution < 1.29 is 19.1 Å². The highest BCUT2D eigenvalue weighted by atomic mass is 16.5. The number of aryl methyl sites for hydroxylation is 1. The van der Waals surface area contributed by atoms with E-state index in [9.17, 15) is 9.59 Å². The van der Waals surface area contributed by atoms with Crippen molar-refractivity contribution in [3.8, 4) is 0 Å². The van der Waals surface area contributed by atoms with Gasteiger partial charge in [0.05, 0.1) is 17.9 Å². The first-order valence-corrected chi connectivity index (χ1v) is 8.60. The van der Waals surface area contributed by atoms with Crippen LogP contribution in [0.5, 0.6) is 0 Å². The number of likely N-dealkylation sites (N-methyl/N-ethyl adjacent to an activating group) is 1. The minimum absolute atomic E-state index is 0.0283. The average molecular weight is 335 g/mol. The van der Waals surface area contributed by atoms with E-state index in [0.29, 0.717) is 17.9 Å². The van der Waals surface area contributed by atoms with Crippen molar-refractivity contribution in [1.82, 2.24) is 0 Å². The number of carbonyl (C=O) groups excluding carboxylic acids is 2. The zero-order valence-electron chi connectivity index (χ0n) is 15.3. The quantitative estimate of drug-likeness (QED) is 0.484. The van der Waals surface area contributed by atoms with Gasteiger partial charge in [-0.2, -0.15) is 0 Å². The molecule has 5 nitrogen and oxygen atoms in total. The zero-order chi connectivity index (χ0) is 17.9. The summed E-state index contributed by atoms with van der Waals surface area (Å²) >= 11 is 0. The van der Waals surface area contributed by atoms with Crippen molar-refractivity contribution >= 4 is 17.6 Å². The lowest BCUT2D eigenvalue weighted by molar-refractivity contribution is -0.121. The summed E-state index contributed by atoms with van der Waals surface area (Å²) in [4.78, 5) is 25.8. The van der Waals surface area contributed by atoms with E-state index in [-0.39, 0.29) is 12.5 Å². The van der Waals surface area contributed by atoms with Crippen LogP contribution in [0.15, 0.2) is 18.2 Å². The second-order valence-electron chi connectivity index (χ2n) is 5.77. The van der Waals surface area contributed by atoms with Crippen LogP contribution in [0, 0.1) is 0 Å². The standard InChI is InChI=1S/C19H29NO4/c1-5-7-8-9-10-15-11-12-16(19(22)24-6-2)17(13-15)20(3)18(21)14-23-4/h11-13H,5-10,14H2,1-4H3. The molecule has 0 radical (unpaired) electrons. The molecule has 1 amide bonds. The van der Waals surface area contributed by atoms with Crippen LogP contribution in [-0.2, 0) is 20.7 Å². The SMILES string of the molecule is CCCCCCc1ccc(C(=O)OCC)c(N(C)C(=O)COC)c1. The van der Waals surface area contributed by atoms with Gasteiger partial charge < -0.3 is 14.4 Å². The molecule has 0 aliphatic rings. The van der Waals surface area contributed by atoms with E-state index >= 15 is 0 Å². The molecule has 24 heavy (non-hydrogen) atoms. The number of unbranched alkanes of at least 4 members (excludes halogenated alkanes) is 3. The van der Waals surface area contributed by atoms with Gasteiger partial charge in [-0.05, 0) is 37.5 Å². The van der Waals surface area contributed by atoms with Crippen molar-refractivity contribution in [1.29, 1.82) is 0 Å². The number of esters is 1. The molecule has 134 valence electrons. The zero-order valence-corrected chi connectivity index (χ0v) is 15.3. The largest absolute Gasteiger partial charge is 0.462 e. The van der Waals surface area contributed by atoms with Crippen LogP contribution in [0.2, 0.25) is 0 Å². The predicted octanol–water partition coefficient (Wildman–Crippen LogP) is 3.60. The molecular weight excluding hydrogens is 306 g/mol. The van der Waals surface area contributed by atoms with Gasteiger partial charge in [-0.3, -0.25) is 4.79 Å². The molecule has 1 aromatic rings. The molecule has 0 saturated carbocycles. The van der Waals surface area contributed by atoms with Gasteiger partial charge in [0.25, 0.3) is 5.91 Å². The molecule has 0 aromatic heterocycles. The van der Waals surface area contributed by atoms with Gasteiger partial charge in [-0.25, -0.2) is 4.79 Å². The Bertz CT molecular complexity index is 542. The maximum atomic E-state index is 12.2. The molecular formula is C19H29NO4. The number of amides is 1. The fourth-order valence-electron chi connectivity index (χ4n) is 2.50. The third-order valence-electron chi connectivity index (χ3n) is 3.88. The third-order valence-corrected chi connectivity index (χ3v) is 3.88. The number of benzene rings is 1. The Morgan fingerprint density at radius 3 is 2.50 bits per heavy atom. The monoisotopic (exact) mass is 335 g/mol. The van der Waals surface area contributed by atoms with Crippen LogP contribution in [0.4, 0.5) is 5.69 Å². The molecule has 5 heteroatoms. The number of hydrogen-bond acceptors (Lipinski definition) is 4. The Hall–Kier alpha value is -1.88. The third kappa shape index (κ3) is 5.96. The number of rotatable bonds is 10. The topological polar surface area (TPSA) is 55.8 Å². The highest BCUT2D eigenvalue weighted by Gasteiger charge is 2.20. The first-order chi connectivity index (χ1) is 11.5. The molecule has 0 unspecified atom stereocenters. The van der Waals surface area contributed by atoms with Crippen LogP contribution < -0.4 is 4.90 Å². The summed E-state index contributed by atoms with van der Waals surface area (Å²) in [7, 11) is 3.13. The summed E-state index contributed by atoms with van der Waals surface area (Å²) < 4.78 is 10.0. The molecule has 0 N–H and O–H groups in total. The summed E-state index contributed by atoms with van der Waals surface area (Å²) in [5.41, 5.74) is 2.09. The Morgan fingerprint density at radius 2 is 1.88 bits per heavy atom. The van der Waals surface area contributed by atoms with Gasteiger partial charge in [-0.1, -0.05) is 32.3 Å². The molecule has 0 aliphatic heterocycles. The summed E-state index contributed by atoms with van der Waals surface area (Å²) in [5.74, 6) is -0.617. The van der Waals surface area contributed by atoms with Gasteiger partial charge in [0.2, 0.25) is 0 Å². The lowest BCUT2D eigenvalue weighted by Crippen LogP contribution is -2.31. The lowest BCUT2D eigenvalue weighted by atomic mass is 10.0. The Kier molecular flexibility index (Phi) is 9.08. The lowest BCUT2D eigenvalue weighted by Gasteiger charge is -2.21. The number of methoxy groups -OCH3 is 1. The minimum atomic E-state index is -0.415. The van der Waals surface area contributed by atoms with Gasteiger partial charge >= 0.3 is 5.97 Å². The highest BCUT2D eigenvalue weighted by Crippen LogP contribution is 2.24. The second-order valence-corrected chi connectivity index (χ2v) is 5.77. The van der Waals surface area contributed by atoms with E-state index in [1.807, 2.05) is 12.1 Å². The smallest absolute Gasteiger partial charge is 0.340 e. The second kappa shape index (κ2) is 10.8. The Labute approximate surface area is 144 Å². The van der Waals surface area contributed by atoms with Crippen LogP contribution in [0.25, 0.3) is 0 Å². The first-order valence-electron chi connectivity index (χ1n) is 8.60. The number of carbonyl (C=O) groups is 2. The average Bonchev–Trinajstić information content (AvgIpc) is 2.58. The van der Waals surface area contributed by atoms with E-state index in [0.717, 1.165) is 18.4 Å². The molecule has 0 atom stereocenters. The van der Waals surface area contributed by atoms with Crippen molar-refractivity contribution in [2.24, 2.45) is 0 Å². The maximum Gasteiger partial charge on any atom is 0.340 e. The predicted molar refractivity (Wildman–Crippen MR) is 95.5 cm³/mol. The summed E-state index contributed by atoms with van der Waals surface area (Å²) in [6.07, 6.45) is 5.63. The molecule has 0 fully saturated rings. The maximum absolute atomic E-state index is 12.2. The number of anilines is 1. The fraction of sp³-hybridized carbons (Fsp3) is 0.579. The number of hydrogen-bond donors (Lipinski definition) is 0. The summed E-state index contributed by atoms with van der Waals surface area (Å²) in [5, 5.41) is 0. The van der Waals surface area contributed by atoms with Crippen molar-refractivity contribution in [3.05, 3.63) is 29.3 Å². The van der Waals surface area contributed by atoms with Crippen molar-refractivity contribution in [2.75, 3.05) is 32.3 Å². The molecule has 0 bridgehead atoms. The van der Waals surface area contributed by atoms with Gasteiger partial charge in [0, 0.05) is 14.2 Å². The van der Waals surface area contributed by atoms with E-state index in [1.54, 1.807) is 20.0 Å². The van der Waals surface area contributed by atoms with Crippen LogP contribution in [0.3, 0.4) is 0 Å². The molecule has 0 spiro atoms. The van der Waals surface area contributed by atoms with E-state index in [2.05, 4.69) is 6.92 Å².